The number of anilines is 1. The molecule has 0 saturated carbocycles. The van der Waals surface area contributed by atoms with Crippen LogP contribution in [0.3, 0.4) is 0 Å². The maximum absolute atomic E-state index is 12.4. The van der Waals surface area contributed by atoms with Gasteiger partial charge in [0.1, 0.15) is 5.82 Å². The van der Waals surface area contributed by atoms with Gasteiger partial charge in [-0.2, -0.15) is 0 Å². The first-order valence-corrected chi connectivity index (χ1v) is 21.4. The lowest BCUT2D eigenvalue weighted by Crippen LogP contribution is -2.45. The van der Waals surface area contributed by atoms with Crippen molar-refractivity contribution in [3.05, 3.63) is 18.6 Å². The Balaban J connectivity index is 0.000000351. The van der Waals surface area contributed by atoms with Gasteiger partial charge in [-0.1, -0.05) is 7.43 Å². The highest BCUT2D eigenvalue weighted by atomic mass is 19.3. The van der Waals surface area contributed by atoms with E-state index in [4.69, 9.17) is 10.2 Å². The number of β-amino-alcohol motifs (C(OH)–C–C–N with tert-alkyl or cyclic N) is 2. The minimum Gasteiger partial charge on any atom is -0.395 e. The highest BCUT2D eigenvalue weighted by Crippen LogP contribution is 2.26. The lowest BCUT2D eigenvalue weighted by Gasteiger charge is -2.32. The van der Waals surface area contributed by atoms with E-state index in [9.17, 15) is 8.78 Å². The van der Waals surface area contributed by atoms with Gasteiger partial charge in [0.15, 0.2) is 0 Å². The number of hydrogen-bond acceptors (Lipinski definition) is 14. The van der Waals surface area contributed by atoms with Gasteiger partial charge < -0.3 is 54.3 Å². The fourth-order valence-electron chi connectivity index (χ4n) is 6.98. The van der Waals surface area contributed by atoms with Crippen molar-refractivity contribution in [2.24, 2.45) is 0 Å². The summed E-state index contributed by atoms with van der Waals surface area (Å²) in [7, 11) is 19.1. The third-order valence-electron chi connectivity index (χ3n) is 11.6. The minimum atomic E-state index is -2.38. The van der Waals surface area contributed by atoms with Crippen LogP contribution in [0.5, 0.6) is 0 Å². The quantitative estimate of drug-likeness (QED) is 0.461. The number of rotatable bonds is 4. The van der Waals surface area contributed by atoms with E-state index < -0.39 is 5.92 Å². The highest BCUT2D eigenvalue weighted by Gasteiger charge is 2.32. The first-order valence-electron chi connectivity index (χ1n) is 21.4. The van der Waals surface area contributed by atoms with Gasteiger partial charge in [-0.3, -0.25) is 9.88 Å². The van der Waals surface area contributed by atoms with Gasteiger partial charge in [0.2, 0.25) is 0 Å². The summed E-state index contributed by atoms with van der Waals surface area (Å²) in [6, 6.07) is 0.830. The monoisotopic (exact) mass is 831 g/mol. The summed E-state index contributed by atoms with van der Waals surface area (Å²) in [4.78, 5) is 31.1. The summed E-state index contributed by atoms with van der Waals surface area (Å²) in [5, 5.41) is 17.5. The maximum Gasteiger partial charge on any atom is 0.250 e. The molecule has 2 N–H and O–H groups in total. The number of likely N-dealkylation sites (N-methyl/N-ethyl adjacent to an activating group) is 5. The van der Waals surface area contributed by atoms with Crippen LogP contribution in [-0.4, -0.2) is 277 Å². The van der Waals surface area contributed by atoms with Crippen LogP contribution in [0.15, 0.2) is 18.6 Å². The van der Waals surface area contributed by atoms with Crippen LogP contribution in [0.4, 0.5) is 14.6 Å². The molecule has 0 bridgehead atoms. The fraction of sp³-hybridized carbons (Fsp3) is 0.905. The van der Waals surface area contributed by atoms with Crippen LogP contribution < -0.4 is 4.90 Å². The van der Waals surface area contributed by atoms with Crippen LogP contribution in [0.2, 0.25) is 0 Å². The zero-order valence-corrected chi connectivity index (χ0v) is 37.6. The van der Waals surface area contributed by atoms with Crippen LogP contribution in [0.1, 0.15) is 39.5 Å². The molecule has 0 aliphatic carbocycles. The average molecular weight is 831 g/mol. The van der Waals surface area contributed by atoms with Gasteiger partial charge in [-0.15, -0.1) is 0 Å². The van der Waals surface area contributed by atoms with Crippen molar-refractivity contribution in [1.29, 1.82) is 0 Å². The molecule has 342 valence electrons. The van der Waals surface area contributed by atoms with Crippen molar-refractivity contribution in [2.45, 2.75) is 57.6 Å². The van der Waals surface area contributed by atoms with E-state index in [-0.39, 0.29) is 26.4 Å². The smallest absolute Gasteiger partial charge is 0.250 e. The van der Waals surface area contributed by atoms with Gasteiger partial charge >= 0.3 is 0 Å². The number of nitrogens with zero attached hydrogens (tertiary/aromatic N) is 12. The van der Waals surface area contributed by atoms with E-state index in [2.05, 4.69) is 103 Å². The average Bonchev–Trinajstić information content (AvgIpc) is 3.59. The number of halogens is 2. The Kier molecular flexibility index (Phi) is 28.4. The molecule has 6 fully saturated rings. The van der Waals surface area contributed by atoms with Crippen molar-refractivity contribution in [1.82, 2.24) is 54.1 Å². The lowest BCUT2D eigenvalue weighted by molar-refractivity contribution is -0.0504. The summed E-state index contributed by atoms with van der Waals surface area (Å²) in [6.07, 6.45) is 8.92. The van der Waals surface area contributed by atoms with E-state index >= 15 is 0 Å². The van der Waals surface area contributed by atoms with Crippen LogP contribution in [-0.2, 0) is 0 Å². The standard InChI is InChI=1S/C9H14N4.C8H18N2.C7H16N2O.C6H11F2N.C6H14N2.C5H11NO.CH4/c1-12-4-6-13(7-5-12)9-8-10-2-3-11-9;1-9(2)8-4-6-10(3)7-5-8;1-8-2-4-9(5-3-8)6-7-10;1-9-4-2-6(7,8)3-5-9;1-7-3-5-8(2)6-4-7;1-6-3-2-5(7)4-6;/h2-3,8H,4-7H2,1H3;8H,4-7H2,1-3H3;10H,2-7H2,1H3;2-5H2,1H3;3-6H2,1-2H3;5,7H,2-4H2,1H3;1H4. The maximum atomic E-state index is 12.4. The number of aliphatic hydroxyl groups is 2. The van der Waals surface area contributed by atoms with Crippen LogP contribution in [0, 0.1) is 0 Å². The molecule has 7 heterocycles. The summed E-state index contributed by atoms with van der Waals surface area (Å²) in [5.41, 5.74) is 0. The Morgan fingerprint density at radius 2 is 1.05 bits per heavy atom. The fourth-order valence-corrected chi connectivity index (χ4v) is 6.98. The summed E-state index contributed by atoms with van der Waals surface area (Å²) in [6.45, 7) is 20.4. The van der Waals surface area contributed by atoms with Crippen molar-refractivity contribution in [3.8, 4) is 0 Å². The number of piperazine rings is 3. The number of aromatic nitrogens is 2. The molecule has 6 saturated heterocycles. The number of alkyl halides is 2. The molecule has 6 aliphatic heterocycles. The number of hydrogen-bond donors (Lipinski definition) is 2. The van der Waals surface area contributed by atoms with Crippen LogP contribution >= 0.6 is 0 Å². The molecule has 7 rings (SSSR count). The minimum absolute atomic E-state index is 0. The number of aliphatic hydroxyl groups excluding tert-OH is 2. The third-order valence-corrected chi connectivity index (χ3v) is 11.6. The van der Waals surface area contributed by atoms with Crippen molar-refractivity contribution < 1.29 is 19.0 Å². The number of likely N-dealkylation sites (tertiary alicyclic amines) is 3. The molecular formula is C42H88F2N12O2. The molecule has 0 aromatic carbocycles. The Morgan fingerprint density at radius 1 is 0.621 bits per heavy atom. The van der Waals surface area contributed by atoms with E-state index in [1.54, 1.807) is 12.4 Å². The second kappa shape index (κ2) is 30.3. The molecule has 1 unspecified atom stereocenters. The predicted molar refractivity (Wildman–Crippen MR) is 238 cm³/mol. The Hall–Kier alpha value is -1.70. The summed E-state index contributed by atoms with van der Waals surface area (Å²) >= 11 is 0. The predicted octanol–water partition coefficient (Wildman–Crippen LogP) is 1.63. The zero-order chi connectivity index (χ0) is 42.2. The van der Waals surface area contributed by atoms with Crippen molar-refractivity contribution >= 4 is 5.82 Å². The molecule has 1 atom stereocenters. The second-order valence-electron chi connectivity index (χ2n) is 17.2. The van der Waals surface area contributed by atoms with Gasteiger partial charge in [0.05, 0.1) is 18.9 Å². The molecule has 14 nitrogen and oxygen atoms in total. The van der Waals surface area contributed by atoms with E-state index in [1.807, 2.05) is 25.2 Å². The molecule has 0 radical (unpaired) electrons. The Labute approximate surface area is 353 Å². The Bertz CT molecular complexity index is 1070. The normalized spacial score (nSPS) is 24.6. The first-order chi connectivity index (χ1) is 27.1. The second-order valence-corrected chi connectivity index (χ2v) is 17.2. The molecule has 6 aliphatic rings. The van der Waals surface area contributed by atoms with Crippen molar-refractivity contribution in [2.75, 3.05) is 199 Å². The largest absolute Gasteiger partial charge is 0.395 e. The van der Waals surface area contributed by atoms with Crippen LogP contribution in [0.25, 0.3) is 0 Å². The molecule has 16 heteroatoms. The molecular weight excluding hydrogens is 743 g/mol. The molecule has 0 amide bonds. The van der Waals surface area contributed by atoms with Gasteiger partial charge in [0.25, 0.3) is 5.92 Å². The van der Waals surface area contributed by atoms with Gasteiger partial charge in [0, 0.05) is 143 Å². The van der Waals surface area contributed by atoms with E-state index in [1.165, 1.54) is 52.1 Å². The molecule has 1 aromatic rings. The van der Waals surface area contributed by atoms with E-state index in [0.29, 0.717) is 19.7 Å². The number of piperidine rings is 2. The first kappa shape index (κ1) is 54.3. The third kappa shape index (κ3) is 25.2. The topological polar surface area (TPSA) is 98.6 Å². The summed E-state index contributed by atoms with van der Waals surface area (Å²) in [5.74, 6) is -1.39. The summed E-state index contributed by atoms with van der Waals surface area (Å²) < 4.78 is 24.7. The molecule has 0 spiro atoms. The SMILES string of the molecule is C.CN1CCC(F)(F)CC1.CN1CCC(N(C)C)CC1.CN1CCC(O)C1.CN1CCN(C)CC1.CN1CCN(CCO)CC1.CN1CCN(c2cnccn2)CC1. The highest BCUT2D eigenvalue weighted by molar-refractivity contribution is 5.35. The van der Waals surface area contributed by atoms with Gasteiger partial charge in [-0.05, 0) is 95.8 Å². The lowest BCUT2D eigenvalue weighted by atomic mass is 10.1. The Morgan fingerprint density at radius 3 is 1.41 bits per heavy atom. The zero-order valence-electron chi connectivity index (χ0n) is 37.6. The van der Waals surface area contributed by atoms with E-state index in [0.717, 1.165) is 90.3 Å². The molecule has 58 heavy (non-hydrogen) atoms. The van der Waals surface area contributed by atoms with Crippen molar-refractivity contribution in [3.63, 3.8) is 0 Å². The van der Waals surface area contributed by atoms with Gasteiger partial charge in [-0.25, -0.2) is 13.8 Å². The molecule has 1 aromatic heterocycles.